The Balaban J connectivity index is 0.000000156. The van der Waals surface area contributed by atoms with Crippen molar-refractivity contribution in [2.24, 2.45) is 5.92 Å². The molecule has 2 nitrogen and oxygen atoms in total. The van der Waals surface area contributed by atoms with Crippen molar-refractivity contribution in [1.29, 1.82) is 0 Å². The molecule has 2 fully saturated rings. The number of aryl methyl sites for hydroxylation is 1. The van der Waals surface area contributed by atoms with E-state index in [0.717, 1.165) is 24.0 Å². The van der Waals surface area contributed by atoms with Crippen LogP contribution in [-0.4, -0.2) is 26.2 Å². The van der Waals surface area contributed by atoms with E-state index in [2.05, 4.69) is 66.1 Å². The molecule has 0 unspecified atom stereocenters. The Morgan fingerprint density at radius 2 is 1.48 bits per heavy atom. The Bertz CT molecular complexity index is 674. The Kier molecular flexibility index (Phi) is 8.19. The smallest absolute Gasteiger partial charge is 0.0438 e. The van der Waals surface area contributed by atoms with Crippen LogP contribution >= 0.6 is 11.6 Å². The van der Waals surface area contributed by atoms with E-state index in [4.69, 9.17) is 11.6 Å². The third-order valence-corrected chi connectivity index (χ3v) is 6.24. The number of benzene rings is 2. The minimum atomic E-state index is 0.703. The first kappa shape index (κ1) is 20.4. The highest BCUT2D eigenvalue weighted by Gasteiger charge is 2.15. The summed E-state index contributed by atoms with van der Waals surface area (Å²) in [7, 11) is 0. The average Bonchev–Trinajstić information content (AvgIpc) is 2.73. The SMILES string of the molecule is Cc1ccc(C2CCNCC2)cc1Cl.c1ccc(CC2CCNCC2)cc1. The van der Waals surface area contributed by atoms with Gasteiger partial charge in [0, 0.05) is 5.02 Å². The zero-order valence-electron chi connectivity index (χ0n) is 16.5. The van der Waals surface area contributed by atoms with Crippen molar-refractivity contribution in [1.82, 2.24) is 10.6 Å². The van der Waals surface area contributed by atoms with Gasteiger partial charge in [0.2, 0.25) is 0 Å². The fourth-order valence-electron chi connectivity index (χ4n) is 4.05. The first-order valence-electron chi connectivity index (χ1n) is 10.4. The van der Waals surface area contributed by atoms with E-state index < -0.39 is 0 Å². The average molecular weight is 385 g/mol. The normalized spacial score (nSPS) is 18.6. The lowest BCUT2D eigenvalue weighted by molar-refractivity contribution is 0.372. The van der Waals surface area contributed by atoms with Gasteiger partial charge in [0.05, 0.1) is 0 Å². The molecule has 2 aromatic carbocycles. The molecule has 3 heteroatoms. The quantitative estimate of drug-likeness (QED) is 0.745. The number of hydrogen-bond acceptors (Lipinski definition) is 2. The maximum absolute atomic E-state index is 6.12. The number of halogens is 1. The van der Waals surface area contributed by atoms with E-state index in [9.17, 15) is 0 Å². The Morgan fingerprint density at radius 1 is 0.852 bits per heavy atom. The summed E-state index contributed by atoms with van der Waals surface area (Å²) in [6.45, 7) is 6.73. The molecule has 2 aliphatic rings. The lowest BCUT2D eigenvalue weighted by atomic mass is 9.90. The molecular weight excluding hydrogens is 352 g/mol. The van der Waals surface area contributed by atoms with Crippen molar-refractivity contribution in [2.45, 2.75) is 44.9 Å². The fraction of sp³-hybridized carbons (Fsp3) is 0.500. The minimum absolute atomic E-state index is 0.703. The molecule has 2 heterocycles. The molecule has 0 aromatic heterocycles. The Hall–Kier alpha value is -1.35. The molecule has 4 rings (SSSR count). The summed E-state index contributed by atoms with van der Waals surface area (Å²) in [5, 5.41) is 7.68. The van der Waals surface area contributed by atoms with E-state index in [0.29, 0.717) is 5.92 Å². The van der Waals surface area contributed by atoms with E-state index in [1.807, 2.05) is 0 Å². The summed E-state index contributed by atoms with van der Waals surface area (Å²) < 4.78 is 0. The van der Waals surface area contributed by atoms with Crippen LogP contribution in [0.4, 0.5) is 0 Å². The number of nitrogens with one attached hydrogen (secondary N) is 2. The minimum Gasteiger partial charge on any atom is -0.317 e. The molecule has 0 amide bonds. The predicted octanol–water partition coefficient (Wildman–Crippen LogP) is 5.34. The highest BCUT2D eigenvalue weighted by atomic mass is 35.5. The second-order valence-electron chi connectivity index (χ2n) is 7.92. The number of rotatable bonds is 3. The molecule has 27 heavy (non-hydrogen) atoms. The molecule has 0 radical (unpaired) electrons. The van der Waals surface area contributed by atoms with Crippen LogP contribution < -0.4 is 10.6 Å². The van der Waals surface area contributed by atoms with Crippen molar-refractivity contribution in [3.8, 4) is 0 Å². The third kappa shape index (κ3) is 6.64. The van der Waals surface area contributed by atoms with Crippen LogP contribution in [0.3, 0.4) is 0 Å². The Labute approximate surface area is 169 Å². The van der Waals surface area contributed by atoms with Crippen molar-refractivity contribution in [3.05, 3.63) is 70.2 Å². The second kappa shape index (κ2) is 10.8. The predicted molar refractivity (Wildman–Crippen MR) is 117 cm³/mol. The van der Waals surface area contributed by atoms with Crippen LogP contribution in [0.25, 0.3) is 0 Å². The molecule has 2 aromatic rings. The van der Waals surface area contributed by atoms with Gasteiger partial charge in [-0.1, -0.05) is 54.1 Å². The summed E-state index contributed by atoms with van der Waals surface area (Å²) >= 11 is 6.12. The zero-order valence-corrected chi connectivity index (χ0v) is 17.3. The highest BCUT2D eigenvalue weighted by Crippen LogP contribution is 2.28. The Morgan fingerprint density at radius 3 is 2.11 bits per heavy atom. The monoisotopic (exact) mass is 384 g/mol. The largest absolute Gasteiger partial charge is 0.317 e. The standard InChI is InChI=1S/C12H16ClN.C12H17N/c1-9-2-3-11(8-12(9)13)10-4-6-14-7-5-10;1-2-4-11(5-3-1)10-12-6-8-13-9-7-12/h2-3,8,10,14H,4-7H2,1H3;1-5,12-13H,6-10H2. The van der Waals surface area contributed by atoms with Gasteiger partial charge in [0.15, 0.2) is 0 Å². The van der Waals surface area contributed by atoms with Gasteiger partial charge < -0.3 is 10.6 Å². The summed E-state index contributed by atoms with van der Waals surface area (Å²) in [5.74, 6) is 1.61. The van der Waals surface area contributed by atoms with Crippen LogP contribution in [0.15, 0.2) is 48.5 Å². The number of piperidine rings is 2. The van der Waals surface area contributed by atoms with Crippen LogP contribution in [-0.2, 0) is 6.42 Å². The van der Waals surface area contributed by atoms with Crippen LogP contribution in [0.1, 0.15) is 48.3 Å². The van der Waals surface area contributed by atoms with E-state index in [1.54, 1.807) is 0 Å². The van der Waals surface area contributed by atoms with Gasteiger partial charge >= 0.3 is 0 Å². The lowest BCUT2D eigenvalue weighted by Gasteiger charge is -2.23. The molecule has 0 saturated carbocycles. The van der Waals surface area contributed by atoms with Crippen molar-refractivity contribution in [3.63, 3.8) is 0 Å². The fourth-order valence-corrected chi connectivity index (χ4v) is 4.24. The summed E-state index contributed by atoms with van der Waals surface area (Å²) in [6, 6.07) is 17.3. The molecule has 2 aliphatic heterocycles. The maximum Gasteiger partial charge on any atom is 0.0438 e. The lowest BCUT2D eigenvalue weighted by Crippen LogP contribution is -2.28. The molecule has 2 N–H and O–H groups in total. The molecule has 0 spiro atoms. The molecule has 146 valence electrons. The van der Waals surface area contributed by atoms with Gasteiger partial charge in [-0.25, -0.2) is 0 Å². The van der Waals surface area contributed by atoms with Gasteiger partial charge in [0.25, 0.3) is 0 Å². The molecule has 0 aliphatic carbocycles. The van der Waals surface area contributed by atoms with Gasteiger partial charge in [-0.3, -0.25) is 0 Å². The van der Waals surface area contributed by atoms with Crippen LogP contribution in [0, 0.1) is 12.8 Å². The first-order chi connectivity index (χ1) is 13.2. The van der Waals surface area contributed by atoms with Gasteiger partial charge in [0.1, 0.15) is 0 Å². The van der Waals surface area contributed by atoms with Gasteiger partial charge in [-0.05, 0) is 99.8 Å². The summed E-state index contributed by atoms with van der Waals surface area (Å²) in [6.07, 6.45) is 6.42. The molecule has 0 bridgehead atoms. The topological polar surface area (TPSA) is 24.1 Å². The number of hydrogen-bond donors (Lipinski definition) is 2. The first-order valence-corrected chi connectivity index (χ1v) is 10.8. The summed E-state index contributed by atoms with van der Waals surface area (Å²) in [4.78, 5) is 0. The molecule has 2 saturated heterocycles. The van der Waals surface area contributed by atoms with E-state index in [1.165, 1.54) is 61.9 Å². The van der Waals surface area contributed by atoms with Crippen molar-refractivity contribution < 1.29 is 0 Å². The maximum atomic E-state index is 6.12. The van der Waals surface area contributed by atoms with E-state index >= 15 is 0 Å². The zero-order chi connectivity index (χ0) is 18.9. The van der Waals surface area contributed by atoms with Crippen LogP contribution in [0.5, 0.6) is 0 Å². The molecule has 0 atom stereocenters. The van der Waals surface area contributed by atoms with Gasteiger partial charge in [-0.15, -0.1) is 0 Å². The third-order valence-electron chi connectivity index (χ3n) is 5.83. The highest BCUT2D eigenvalue weighted by molar-refractivity contribution is 6.31. The summed E-state index contributed by atoms with van der Waals surface area (Å²) in [5.41, 5.74) is 4.07. The van der Waals surface area contributed by atoms with E-state index in [-0.39, 0.29) is 0 Å². The molecular formula is C24H33ClN2. The second-order valence-corrected chi connectivity index (χ2v) is 8.32. The van der Waals surface area contributed by atoms with Crippen molar-refractivity contribution in [2.75, 3.05) is 26.2 Å². The van der Waals surface area contributed by atoms with Crippen LogP contribution in [0.2, 0.25) is 5.02 Å². The van der Waals surface area contributed by atoms with Crippen molar-refractivity contribution >= 4 is 11.6 Å². The van der Waals surface area contributed by atoms with Gasteiger partial charge in [-0.2, -0.15) is 0 Å².